The third kappa shape index (κ3) is 4.32. The first-order valence-corrected chi connectivity index (χ1v) is 4.50. The van der Waals surface area contributed by atoms with E-state index in [2.05, 4.69) is 4.74 Å². The number of ether oxygens (including phenoxy) is 2. The molecule has 4 N–H and O–H groups in total. The fourth-order valence-electron chi connectivity index (χ4n) is 0.940. The summed E-state index contributed by atoms with van der Waals surface area (Å²) < 4.78 is 9.56. The number of esters is 1. The van der Waals surface area contributed by atoms with Crippen molar-refractivity contribution in [3.8, 4) is 5.75 Å². The summed E-state index contributed by atoms with van der Waals surface area (Å²) >= 11 is 0. The van der Waals surface area contributed by atoms with Gasteiger partial charge < -0.3 is 20.9 Å². The lowest BCUT2D eigenvalue weighted by Crippen LogP contribution is -2.23. The summed E-state index contributed by atoms with van der Waals surface area (Å²) in [6.45, 7) is -0.740. The number of carbonyl (C=O) groups is 2. The van der Waals surface area contributed by atoms with Gasteiger partial charge in [0.2, 0.25) is 0 Å². The molecule has 0 spiro atoms. The number of anilines is 1. The second kappa shape index (κ2) is 5.59. The van der Waals surface area contributed by atoms with Crippen molar-refractivity contribution in [2.75, 3.05) is 18.9 Å². The number of carbonyl (C=O) groups excluding carboxylic acids is 2. The number of hydrogen-bond donors (Lipinski definition) is 2. The fraction of sp³-hybridized carbons (Fsp3) is 0.200. The number of benzene rings is 1. The number of primary amides is 1. The van der Waals surface area contributed by atoms with Gasteiger partial charge in [0.25, 0.3) is 5.91 Å². The summed E-state index contributed by atoms with van der Waals surface area (Å²) in [7, 11) is 0. The number of rotatable bonds is 5. The molecule has 0 bridgehead atoms. The predicted octanol–water partition coefficient (Wildman–Crippen LogP) is -0.324. The molecule has 0 aromatic heterocycles. The van der Waals surface area contributed by atoms with Crippen LogP contribution in [-0.2, 0) is 14.3 Å². The Bertz CT molecular complexity index is 392. The summed E-state index contributed by atoms with van der Waals surface area (Å²) in [4.78, 5) is 21.3. The molecule has 1 rings (SSSR count). The molecule has 0 radical (unpaired) electrons. The molecule has 16 heavy (non-hydrogen) atoms. The number of hydrogen-bond acceptors (Lipinski definition) is 5. The van der Waals surface area contributed by atoms with E-state index in [4.69, 9.17) is 16.2 Å². The quantitative estimate of drug-likeness (QED) is 0.526. The van der Waals surface area contributed by atoms with E-state index in [1.165, 1.54) is 0 Å². The molecule has 0 aliphatic rings. The maximum Gasteiger partial charge on any atom is 0.344 e. The first-order valence-electron chi connectivity index (χ1n) is 4.50. The van der Waals surface area contributed by atoms with Crippen molar-refractivity contribution in [3.63, 3.8) is 0 Å². The molecule has 1 amide bonds. The van der Waals surface area contributed by atoms with Crippen LogP contribution in [0.4, 0.5) is 5.69 Å². The Kier molecular flexibility index (Phi) is 4.14. The van der Waals surface area contributed by atoms with E-state index in [1.807, 2.05) is 0 Å². The van der Waals surface area contributed by atoms with E-state index in [-0.39, 0.29) is 6.61 Å². The van der Waals surface area contributed by atoms with Crippen LogP contribution in [0.2, 0.25) is 0 Å². The maximum absolute atomic E-state index is 11.0. The van der Waals surface area contributed by atoms with Gasteiger partial charge in [0.15, 0.2) is 13.2 Å². The zero-order valence-electron chi connectivity index (χ0n) is 8.51. The monoisotopic (exact) mass is 224 g/mol. The van der Waals surface area contributed by atoms with Crippen LogP contribution in [0.15, 0.2) is 24.3 Å². The van der Waals surface area contributed by atoms with Gasteiger partial charge in [0.1, 0.15) is 5.75 Å². The predicted molar refractivity (Wildman–Crippen MR) is 56.5 cm³/mol. The Morgan fingerprint density at radius 3 is 2.62 bits per heavy atom. The zero-order chi connectivity index (χ0) is 12.0. The topological polar surface area (TPSA) is 105 Å². The first-order chi connectivity index (χ1) is 7.58. The van der Waals surface area contributed by atoms with E-state index < -0.39 is 18.5 Å². The maximum atomic E-state index is 11.0. The minimum Gasteiger partial charge on any atom is -0.482 e. The average molecular weight is 224 g/mol. The van der Waals surface area contributed by atoms with Crippen LogP contribution in [0.5, 0.6) is 5.75 Å². The molecule has 0 aliphatic carbocycles. The summed E-state index contributed by atoms with van der Waals surface area (Å²) in [5, 5.41) is 0. The molecule has 6 heteroatoms. The van der Waals surface area contributed by atoms with Crippen molar-refractivity contribution >= 4 is 17.6 Å². The minimum absolute atomic E-state index is 0.295. The molecule has 0 fully saturated rings. The smallest absolute Gasteiger partial charge is 0.344 e. The molecule has 0 saturated heterocycles. The summed E-state index contributed by atoms with van der Waals surface area (Å²) in [5.74, 6) is -0.922. The van der Waals surface area contributed by atoms with E-state index in [0.717, 1.165) is 0 Å². The number of nitrogens with two attached hydrogens (primary N) is 2. The lowest BCUT2D eigenvalue weighted by molar-refractivity contribution is -0.149. The molecule has 0 atom stereocenters. The highest BCUT2D eigenvalue weighted by molar-refractivity contribution is 5.79. The van der Waals surface area contributed by atoms with Gasteiger partial charge in [-0.15, -0.1) is 0 Å². The van der Waals surface area contributed by atoms with Gasteiger partial charge in [-0.3, -0.25) is 4.79 Å². The Morgan fingerprint density at radius 2 is 2.00 bits per heavy atom. The van der Waals surface area contributed by atoms with Crippen LogP contribution < -0.4 is 16.2 Å². The second-order valence-corrected chi connectivity index (χ2v) is 2.99. The van der Waals surface area contributed by atoms with Crippen LogP contribution in [0.3, 0.4) is 0 Å². The molecule has 0 saturated carbocycles. The van der Waals surface area contributed by atoms with Gasteiger partial charge in [0.05, 0.1) is 0 Å². The second-order valence-electron chi connectivity index (χ2n) is 2.99. The fourth-order valence-corrected chi connectivity index (χ4v) is 0.940. The van der Waals surface area contributed by atoms with E-state index >= 15 is 0 Å². The van der Waals surface area contributed by atoms with Crippen LogP contribution in [0, 0.1) is 0 Å². The molecule has 86 valence electrons. The van der Waals surface area contributed by atoms with Crippen molar-refractivity contribution < 1.29 is 19.1 Å². The summed E-state index contributed by atoms with van der Waals surface area (Å²) in [6.07, 6.45) is 0. The van der Waals surface area contributed by atoms with Gasteiger partial charge in [-0.05, 0) is 12.1 Å². The van der Waals surface area contributed by atoms with Gasteiger partial charge >= 0.3 is 5.97 Å². The van der Waals surface area contributed by atoms with Crippen molar-refractivity contribution in [2.24, 2.45) is 5.73 Å². The molecule has 0 unspecified atom stereocenters. The highest BCUT2D eigenvalue weighted by Gasteiger charge is 2.05. The average Bonchev–Trinajstić information content (AvgIpc) is 2.23. The van der Waals surface area contributed by atoms with Crippen LogP contribution in [0.1, 0.15) is 0 Å². The van der Waals surface area contributed by atoms with Crippen LogP contribution in [-0.4, -0.2) is 25.1 Å². The van der Waals surface area contributed by atoms with Crippen molar-refractivity contribution in [1.82, 2.24) is 0 Å². The molecule has 1 aromatic carbocycles. The van der Waals surface area contributed by atoms with Gasteiger partial charge in [0, 0.05) is 11.8 Å². The van der Waals surface area contributed by atoms with Gasteiger partial charge in [-0.2, -0.15) is 0 Å². The Balaban J connectivity index is 2.34. The lowest BCUT2D eigenvalue weighted by atomic mass is 10.3. The molecule has 6 nitrogen and oxygen atoms in total. The molecular weight excluding hydrogens is 212 g/mol. The zero-order valence-corrected chi connectivity index (χ0v) is 8.51. The van der Waals surface area contributed by atoms with Gasteiger partial charge in [-0.25, -0.2) is 4.79 Å². The molecule has 1 aromatic rings. The van der Waals surface area contributed by atoms with Crippen LogP contribution in [0.25, 0.3) is 0 Å². The van der Waals surface area contributed by atoms with Crippen molar-refractivity contribution in [2.45, 2.75) is 0 Å². The number of amides is 1. The highest BCUT2D eigenvalue weighted by Crippen LogP contribution is 2.14. The van der Waals surface area contributed by atoms with Crippen LogP contribution >= 0.6 is 0 Å². The first kappa shape index (κ1) is 11.8. The number of nitrogen functional groups attached to an aromatic ring is 1. The van der Waals surface area contributed by atoms with E-state index in [0.29, 0.717) is 11.4 Å². The summed E-state index contributed by atoms with van der Waals surface area (Å²) in [6, 6.07) is 6.61. The Hall–Kier alpha value is -2.24. The third-order valence-electron chi connectivity index (χ3n) is 1.59. The Labute approximate surface area is 92.1 Å². The largest absolute Gasteiger partial charge is 0.482 e. The Morgan fingerprint density at radius 1 is 1.25 bits per heavy atom. The molecule has 0 aliphatic heterocycles. The molecule has 0 heterocycles. The summed E-state index contributed by atoms with van der Waals surface area (Å²) in [5.41, 5.74) is 10.8. The van der Waals surface area contributed by atoms with Crippen molar-refractivity contribution in [3.05, 3.63) is 24.3 Å². The van der Waals surface area contributed by atoms with Crippen molar-refractivity contribution in [1.29, 1.82) is 0 Å². The van der Waals surface area contributed by atoms with E-state index in [1.54, 1.807) is 24.3 Å². The third-order valence-corrected chi connectivity index (χ3v) is 1.59. The lowest BCUT2D eigenvalue weighted by Gasteiger charge is -2.06. The highest BCUT2D eigenvalue weighted by atomic mass is 16.6. The minimum atomic E-state index is -0.711. The normalized spacial score (nSPS) is 9.50. The SMILES string of the molecule is NC(=O)COC(=O)COc1cccc(N)c1. The van der Waals surface area contributed by atoms with Gasteiger partial charge in [-0.1, -0.05) is 6.07 Å². The molecular formula is C10H12N2O4. The van der Waals surface area contributed by atoms with E-state index in [9.17, 15) is 9.59 Å². The standard InChI is InChI=1S/C10H12N2O4/c11-7-2-1-3-8(4-7)15-6-10(14)16-5-9(12)13/h1-4H,5-6,11H2,(H2,12,13).